The average molecular weight is 336 g/mol. The Hall–Kier alpha value is -1.40. The highest BCUT2D eigenvalue weighted by Gasteiger charge is 2.37. The molecule has 0 unspecified atom stereocenters. The average Bonchev–Trinajstić information content (AvgIpc) is 2.78. The molecule has 0 radical (unpaired) electrons. The molecule has 3 atom stereocenters. The van der Waals surface area contributed by atoms with E-state index in [1.54, 1.807) is 13.0 Å². The summed E-state index contributed by atoms with van der Waals surface area (Å²) >= 11 is 0. The van der Waals surface area contributed by atoms with E-state index in [1.165, 1.54) is 0 Å². The van der Waals surface area contributed by atoms with E-state index in [0.717, 1.165) is 45.7 Å². The highest BCUT2D eigenvalue weighted by molar-refractivity contribution is 5.81. The number of nitrogens with one attached hydrogen (secondary N) is 1. The summed E-state index contributed by atoms with van der Waals surface area (Å²) < 4.78 is 0. The number of nitrogens with zero attached hydrogens (tertiary/aromatic N) is 3. The van der Waals surface area contributed by atoms with E-state index in [2.05, 4.69) is 28.6 Å². The third-order valence-electron chi connectivity index (χ3n) is 5.39. The van der Waals surface area contributed by atoms with Gasteiger partial charge in [-0.25, -0.2) is 0 Å². The molecule has 2 amide bonds. The number of rotatable bonds is 5. The maximum atomic E-state index is 12.2. The van der Waals surface area contributed by atoms with Crippen LogP contribution in [0.1, 0.15) is 27.2 Å². The van der Waals surface area contributed by atoms with Crippen molar-refractivity contribution in [2.45, 2.75) is 39.3 Å². The van der Waals surface area contributed by atoms with E-state index in [-0.39, 0.29) is 17.9 Å². The lowest BCUT2D eigenvalue weighted by atomic mass is 10.0. The fraction of sp³-hybridized carbons (Fsp3) is 0.778. The molecule has 0 bridgehead atoms. The third-order valence-corrected chi connectivity index (χ3v) is 5.39. The first-order valence-corrected chi connectivity index (χ1v) is 9.06. The molecular weight excluding hydrogens is 304 g/mol. The van der Waals surface area contributed by atoms with Crippen molar-refractivity contribution < 1.29 is 9.59 Å². The number of carbonyl (C=O) groups is 2. The van der Waals surface area contributed by atoms with E-state index in [9.17, 15) is 9.59 Å². The summed E-state index contributed by atoms with van der Waals surface area (Å²) in [5.41, 5.74) is 0. The number of hydrogen-bond donors (Lipinski definition) is 1. The second kappa shape index (κ2) is 8.62. The summed E-state index contributed by atoms with van der Waals surface area (Å²) in [5, 5.41) is 2.89. The van der Waals surface area contributed by atoms with Gasteiger partial charge in [0.25, 0.3) is 0 Å². The van der Waals surface area contributed by atoms with Crippen molar-refractivity contribution >= 4 is 11.8 Å². The Balaban J connectivity index is 1.92. The fourth-order valence-corrected chi connectivity index (χ4v) is 3.85. The van der Waals surface area contributed by atoms with Crippen LogP contribution >= 0.6 is 0 Å². The van der Waals surface area contributed by atoms with Gasteiger partial charge < -0.3 is 10.2 Å². The largest absolute Gasteiger partial charge is 0.351 e. The molecule has 6 nitrogen and oxygen atoms in total. The number of amides is 2. The lowest BCUT2D eigenvalue weighted by Crippen LogP contribution is -2.46. The molecule has 136 valence electrons. The van der Waals surface area contributed by atoms with E-state index in [1.807, 2.05) is 11.8 Å². The van der Waals surface area contributed by atoms with E-state index < -0.39 is 0 Å². The quantitative estimate of drug-likeness (QED) is 0.745. The van der Waals surface area contributed by atoms with Gasteiger partial charge in [0.2, 0.25) is 11.8 Å². The second-order valence-corrected chi connectivity index (χ2v) is 7.10. The summed E-state index contributed by atoms with van der Waals surface area (Å²) in [5.74, 6) is 0.773. The van der Waals surface area contributed by atoms with Crippen LogP contribution in [0, 0.1) is 5.92 Å². The van der Waals surface area contributed by atoms with Crippen molar-refractivity contribution in [2.24, 2.45) is 5.92 Å². The van der Waals surface area contributed by atoms with Crippen molar-refractivity contribution in [3.05, 3.63) is 12.7 Å². The number of carbonyl (C=O) groups excluding carboxylic acids is 2. The van der Waals surface area contributed by atoms with Gasteiger partial charge in [0.15, 0.2) is 0 Å². The summed E-state index contributed by atoms with van der Waals surface area (Å²) in [6, 6.07) is 0.352. The predicted octanol–water partition coefficient (Wildman–Crippen LogP) is 0.552. The van der Waals surface area contributed by atoms with Crippen molar-refractivity contribution in [3.8, 4) is 0 Å². The molecule has 6 heteroatoms. The van der Waals surface area contributed by atoms with Gasteiger partial charge in [-0.15, -0.1) is 6.58 Å². The van der Waals surface area contributed by atoms with Crippen LogP contribution in [0.5, 0.6) is 0 Å². The first-order chi connectivity index (χ1) is 11.4. The van der Waals surface area contributed by atoms with Crippen LogP contribution in [0.25, 0.3) is 0 Å². The maximum Gasteiger partial charge on any atom is 0.237 e. The highest BCUT2D eigenvalue weighted by Crippen LogP contribution is 2.24. The zero-order chi connectivity index (χ0) is 17.7. The van der Waals surface area contributed by atoms with Crippen LogP contribution in [0.3, 0.4) is 0 Å². The SMILES string of the molecule is C=CCNC(=O)[C@H](C)N1C[C@@H](C)[C@@H](N2CCCN(C(C)=O)CC2)C1. The molecular formula is C18H32N4O2. The van der Waals surface area contributed by atoms with Crippen molar-refractivity contribution in [3.63, 3.8) is 0 Å². The maximum absolute atomic E-state index is 12.2. The molecule has 2 fully saturated rings. The minimum absolute atomic E-state index is 0.0707. The molecule has 2 heterocycles. The molecule has 2 aliphatic rings. The Kier molecular flexibility index (Phi) is 6.80. The Labute approximate surface area is 145 Å². The summed E-state index contributed by atoms with van der Waals surface area (Å²) in [6.07, 6.45) is 2.73. The topological polar surface area (TPSA) is 55.9 Å². The van der Waals surface area contributed by atoms with Crippen LogP contribution in [0.2, 0.25) is 0 Å². The van der Waals surface area contributed by atoms with E-state index >= 15 is 0 Å². The zero-order valence-electron chi connectivity index (χ0n) is 15.3. The molecule has 2 saturated heterocycles. The molecule has 2 rings (SSSR count). The Bertz CT molecular complexity index is 468. The lowest BCUT2D eigenvalue weighted by Gasteiger charge is -2.30. The zero-order valence-corrected chi connectivity index (χ0v) is 15.3. The first-order valence-electron chi connectivity index (χ1n) is 9.06. The van der Waals surface area contributed by atoms with Gasteiger partial charge in [-0.05, 0) is 19.3 Å². The standard InChI is InChI=1S/C18H32N4O2/c1-5-7-19-18(24)15(3)22-12-14(2)17(13-22)21-9-6-8-20(10-11-21)16(4)23/h5,14-15,17H,1,6-13H2,2-4H3,(H,19,24)/t14-,15+,17+/m1/s1. The van der Waals surface area contributed by atoms with E-state index in [0.29, 0.717) is 18.5 Å². The second-order valence-electron chi connectivity index (χ2n) is 7.10. The van der Waals surface area contributed by atoms with Crippen LogP contribution in [0.4, 0.5) is 0 Å². The van der Waals surface area contributed by atoms with Gasteiger partial charge in [-0.1, -0.05) is 13.0 Å². The summed E-state index contributed by atoms with van der Waals surface area (Å²) in [7, 11) is 0. The molecule has 0 aromatic rings. The molecule has 2 aliphatic heterocycles. The number of likely N-dealkylation sites (tertiary alicyclic amines) is 1. The number of hydrogen-bond acceptors (Lipinski definition) is 4. The predicted molar refractivity (Wildman–Crippen MR) is 95.6 cm³/mol. The Morgan fingerprint density at radius 2 is 2.00 bits per heavy atom. The van der Waals surface area contributed by atoms with Gasteiger partial charge >= 0.3 is 0 Å². The van der Waals surface area contributed by atoms with Crippen LogP contribution < -0.4 is 5.32 Å². The van der Waals surface area contributed by atoms with Crippen LogP contribution in [-0.4, -0.2) is 84.4 Å². The highest BCUT2D eigenvalue weighted by atomic mass is 16.2. The minimum atomic E-state index is -0.113. The monoisotopic (exact) mass is 336 g/mol. The Morgan fingerprint density at radius 3 is 2.67 bits per heavy atom. The smallest absolute Gasteiger partial charge is 0.237 e. The molecule has 0 aliphatic carbocycles. The van der Waals surface area contributed by atoms with Gasteiger partial charge in [-0.3, -0.25) is 19.4 Å². The summed E-state index contributed by atoms with van der Waals surface area (Å²) in [6.45, 7) is 15.6. The van der Waals surface area contributed by atoms with Crippen molar-refractivity contribution in [1.29, 1.82) is 0 Å². The molecule has 0 aromatic heterocycles. The van der Waals surface area contributed by atoms with Gasteiger partial charge in [0, 0.05) is 58.8 Å². The van der Waals surface area contributed by atoms with Gasteiger partial charge in [0.05, 0.1) is 6.04 Å². The molecule has 0 saturated carbocycles. The molecule has 0 aromatic carbocycles. The van der Waals surface area contributed by atoms with Crippen molar-refractivity contribution in [1.82, 2.24) is 20.0 Å². The first kappa shape index (κ1) is 18.9. The lowest BCUT2D eigenvalue weighted by molar-refractivity contribution is -0.128. The normalized spacial score (nSPS) is 27.5. The third kappa shape index (κ3) is 4.57. The van der Waals surface area contributed by atoms with Crippen LogP contribution in [-0.2, 0) is 9.59 Å². The minimum Gasteiger partial charge on any atom is -0.351 e. The molecule has 0 spiro atoms. The molecule has 24 heavy (non-hydrogen) atoms. The fourth-order valence-electron chi connectivity index (χ4n) is 3.85. The Morgan fingerprint density at radius 1 is 1.25 bits per heavy atom. The summed E-state index contributed by atoms with van der Waals surface area (Å²) in [4.78, 5) is 30.5. The van der Waals surface area contributed by atoms with Crippen LogP contribution in [0.15, 0.2) is 12.7 Å². The van der Waals surface area contributed by atoms with E-state index in [4.69, 9.17) is 0 Å². The molecule has 1 N–H and O–H groups in total. The van der Waals surface area contributed by atoms with Crippen molar-refractivity contribution in [2.75, 3.05) is 45.8 Å². The van der Waals surface area contributed by atoms with Gasteiger partial charge in [0.1, 0.15) is 0 Å². The van der Waals surface area contributed by atoms with Gasteiger partial charge in [-0.2, -0.15) is 0 Å².